The number of hydrogen-bond donors (Lipinski definition) is 2. The van der Waals surface area contributed by atoms with Gasteiger partial charge in [0, 0.05) is 29.9 Å². The molecular formula is C24H28N4O3. The molecule has 0 radical (unpaired) electrons. The van der Waals surface area contributed by atoms with Crippen molar-refractivity contribution in [3.8, 4) is 0 Å². The standard InChI is InChI=1S/C24H28N4O3/c29-22(20-13-4-1-2-5-17(13)26-27-20)25-12-24-7-3-6-19(24)28(9-8-24)23(30)16-11-18-14-10-15(14)21(16)31-18/h1-2,4-5,14-16,18-19,21H,3,6-12H2,(H,25,29)(H,26,27)/t14-,15+,16-,18+,19-,21+,24-/m1/s1. The van der Waals surface area contributed by atoms with Gasteiger partial charge in [0.1, 0.15) is 0 Å². The number of carbonyl (C=O) groups excluding carboxylic acids is 2. The van der Waals surface area contributed by atoms with Crippen LogP contribution in [-0.4, -0.2) is 58.3 Å². The van der Waals surface area contributed by atoms with Crippen molar-refractivity contribution in [3.05, 3.63) is 30.0 Å². The summed E-state index contributed by atoms with van der Waals surface area (Å²) in [6.45, 7) is 1.42. The van der Waals surface area contributed by atoms with Crippen molar-refractivity contribution in [2.75, 3.05) is 13.1 Å². The fourth-order valence-electron chi connectivity index (χ4n) is 7.34. The van der Waals surface area contributed by atoms with Gasteiger partial charge in [-0.15, -0.1) is 0 Å². The summed E-state index contributed by atoms with van der Waals surface area (Å²) in [7, 11) is 0. The van der Waals surface area contributed by atoms with Gasteiger partial charge >= 0.3 is 0 Å². The molecule has 7 atom stereocenters. The normalized spacial score (nSPS) is 39.7. The molecular weight excluding hydrogens is 392 g/mol. The van der Waals surface area contributed by atoms with Crippen LogP contribution in [0.3, 0.4) is 0 Å². The first-order valence-electron chi connectivity index (χ1n) is 11.8. The van der Waals surface area contributed by atoms with E-state index in [2.05, 4.69) is 20.4 Å². The average molecular weight is 421 g/mol. The van der Waals surface area contributed by atoms with Gasteiger partial charge in [0.2, 0.25) is 5.91 Å². The topological polar surface area (TPSA) is 87.3 Å². The summed E-state index contributed by atoms with van der Waals surface area (Å²) >= 11 is 0. The summed E-state index contributed by atoms with van der Waals surface area (Å²) in [5.74, 6) is 1.63. The molecule has 2 aromatic rings. The highest BCUT2D eigenvalue weighted by Gasteiger charge is 2.65. The summed E-state index contributed by atoms with van der Waals surface area (Å²) in [6.07, 6.45) is 6.90. The number of hydrogen-bond acceptors (Lipinski definition) is 4. The quantitative estimate of drug-likeness (QED) is 0.796. The third kappa shape index (κ3) is 2.52. The molecule has 31 heavy (non-hydrogen) atoms. The Balaban J connectivity index is 1.06. The number of ether oxygens (including phenoxy) is 1. The van der Waals surface area contributed by atoms with Gasteiger partial charge in [-0.2, -0.15) is 5.10 Å². The van der Waals surface area contributed by atoms with Crippen LogP contribution < -0.4 is 5.32 Å². The van der Waals surface area contributed by atoms with E-state index in [1.807, 2.05) is 24.3 Å². The number of fused-ring (bicyclic) bond motifs is 7. The number of para-hydroxylation sites is 1. The van der Waals surface area contributed by atoms with Gasteiger partial charge in [0.15, 0.2) is 5.69 Å². The van der Waals surface area contributed by atoms with E-state index in [4.69, 9.17) is 4.74 Å². The third-order valence-corrected chi connectivity index (χ3v) is 8.98. The largest absolute Gasteiger partial charge is 0.374 e. The lowest BCUT2D eigenvalue weighted by molar-refractivity contribution is -0.139. The van der Waals surface area contributed by atoms with Crippen LogP contribution in [0.25, 0.3) is 10.9 Å². The number of likely N-dealkylation sites (tertiary alicyclic amines) is 1. The monoisotopic (exact) mass is 420 g/mol. The van der Waals surface area contributed by atoms with Gasteiger partial charge in [0.05, 0.1) is 23.6 Å². The minimum Gasteiger partial charge on any atom is -0.374 e. The van der Waals surface area contributed by atoms with Crippen LogP contribution in [-0.2, 0) is 9.53 Å². The second-order valence-electron chi connectivity index (χ2n) is 10.4. The zero-order chi connectivity index (χ0) is 20.7. The van der Waals surface area contributed by atoms with E-state index in [1.54, 1.807) is 0 Å². The van der Waals surface area contributed by atoms with Gasteiger partial charge in [-0.1, -0.05) is 24.6 Å². The first kappa shape index (κ1) is 18.2. The molecule has 0 unspecified atom stereocenters. The molecule has 2 aliphatic carbocycles. The molecule has 5 aliphatic rings. The van der Waals surface area contributed by atoms with E-state index in [0.717, 1.165) is 55.5 Å². The van der Waals surface area contributed by atoms with Crippen molar-refractivity contribution >= 4 is 22.7 Å². The number of amides is 2. The Bertz CT molecular complexity index is 1080. The SMILES string of the molecule is O=C(NC[C@]12CCC[C@H]1N(C(=O)[C@@H]1C[C@@H]3O[C@H]1[C@H]1C[C@H]13)CC2)c1n[nH]c2ccccc12. The number of rotatable bonds is 4. The lowest BCUT2D eigenvalue weighted by atomic mass is 9.81. The van der Waals surface area contributed by atoms with Gasteiger partial charge < -0.3 is 15.0 Å². The first-order valence-corrected chi connectivity index (χ1v) is 11.8. The minimum atomic E-state index is -0.136. The molecule has 7 rings (SSSR count). The highest BCUT2D eigenvalue weighted by Crippen LogP contribution is 2.61. The fourth-order valence-corrected chi connectivity index (χ4v) is 7.34. The molecule has 2 saturated carbocycles. The number of nitrogens with zero attached hydrogens (tertiary/aromatic N) is 2. The maximum absolute atomic E-state index is 13.5. The van der Waals surface area contributed by atoms with E-state index in [9.17, 15) is 9.59 Å². The second kappa shape index (κ2) is 6.31. The summed E-state index contributed by atoms with van der Waals surface area (Å²) in [4.78, 5) is 28.6. The molecule has 2 bridgehead atoms. The van der Waals surface area contributed by atoms with E-state index in [-0.39, 0.29) is 29.4 Å². The molecule has 2 N–H and O–H groups in total. The molecule has 1 aromatic heterocycles. The molecule has 5 fully saturated rings. The Morgan fingerprint density at radius 3 is 3.00 bits per heavy atom. The molecule has 1 aromatic carbocycles. The highest BCUT2D eigenvalue weighted by molar-refractivity contribution is 6.04. The first-order chi connectivity index (χ1) is 15.1. The van der Waals surface area contributed by atoms with Crippen LogP contribution in [0.1, 0.15) is 49.0 Å². The van der Waals surface area contributed by atoms with Gasteiger partial charge in [0.25, 0.3) is 5.91 Å². The Labute approximate surface area is 180 Å². The lowest BCUT2D eigenvalue weighted by Gasteiger charge is -2.34. The molecule has 4 heterocycles. The summed E-state index contributed by atoms with van der Waals surface area (Å²) in [6, 6.07) is 7.94. The number of aromatic nitrogens is 2. The number of carbonyl (C=O) groups is 2. The summed E-state index contributed by atoms with van der Waals surface area (Å²) in [5, 5.41) is 11.2. The molecule has 3 aliphatic heterocycles. The smallest absolute Gasteiger partial charge is 0.272 e. The molecule has 7 nitrogen and oxygen atoms in total. The number of nitrogens with one attached hydrogen (secondary N) is 2. The van der Waals surface area contributed by atoms with Crippen LogP contribution >= 0.6 is 0 Å². The van der Waals surface area contributed by atoms with Crippen LogP contribution in [0.2, 0.25) is 0 Å². The van der Waals surface area contributed by atoms with Gasteiger partial charge in [-0.3, -0.25) is 14.7 Å². The maximum Gasteiger partial charge on any atom is 0.272 e. The Morgan fingerprint density at radius 1 is 1.23 bits per heavy atom. The number of H-pyrrole nitrogens is 1. The van der Waals surface area contributed by atoms with E-state index >= 15 is 0 Å². The lowest BCUT2D eigenvalue weighted by Crippen LogP contribution is -2.48. The average Bonchev–Trinajstić information content (AvgIpc) is 3.23. The third-order valence-electron chi connectivity index (χ3n) is 8.98. The van der Waals surface area contributed by atoms with Crippen LogP contribution in [0.5, 0.6) is 0 Å². The summed E-state index contributed by atoms with van der Waals surface area (Å²) in [5.41, 5.74) is 1.32. The van der Waals surface area contributed by atoms with Crippen molar-refractivity contribution < 1.29 is 14.3 Å². The maximum atomic E-state index is 13.5. The minimum absolute atomic E-state index is 0.00196. The molecule has 0 spiro atoms. The Hall–Kier alpha value is -2.41. The number of benzene rings is 1. The summed E-state index contributed by atoms with van der Waals surface area (Å²) < 4.78 is 6.11. The Kier molecular flexibility index (Phi) is 3.70. The zero-order valence-electron chi connectivity index (χ0n) is 17.5. The van der Waals surface area contributed by atoms with E-state index < -0.39 is 0 Å². The zero-order valence-corrected chi connectivity index (χ0v) is 17.5. The molecule has 2 amide bonds. The van der Waals surface area contributed by atoms with Gasteiger partial charge in [-0.25, -0.2) is 0 Å². The number of aromatic amines is 1. The van der Waals surface area contributed by atoms with Crippen LogP contribution in [0.4, 0.5) is 0 Å². The van der Waals surface area contributed by atoms with Crippen molar-refractivity contribution in [3.63, 3.8) is 0 Å². The van der Waals surface area contributed by atoms with E-state index in [0.29, 0.717) is 30.2 Å². The second-order valence-corrected chi connectivity index (χ2v) is 10.4. The predicted molar refractivity (Wildman–Crippen MR) is 113 cm³/mol. The fraction of sp³-hybridized carbons (Fsp3) is 0.625. The Morgan fingerprint density at radius 2 is 2.13 bits per heavy atom. The van der Waals surface area contributed by atoms with Crippen molar-refractivity contribution in [2.24, 2.45) is 23.2 Å². The predicted octanol–water partition coefficient (Wildman–Crippen LogP) is 2.49. The molecule has 162 valence electrons. The van der Waals surface area contributed by atoms with Crippen LogP contribution in [0, 0.1) is 23.2 Å². The highest BCUT2D eigenvalue weighted by atomic mass is 16.5. The van der Waals surface area contributed by atoms with Crippen molar-refractivity contribution in [1.29, 1.82) is 0 Å². The van der Waals surface area contributed by atoms with Gasteiger partial charge in [-0.05, 0) is 50.0 Å². The van der Waals surface area contributed by atoms with Crippen molar-refractivity contribution in [2.45, 2.75) is 56.8 Å². The molecule has 3 saturated heterocycles. The molecule has 7 heteroatoms. The van der Waals surface area contributed by atoms with Crippen molar-refractivity contribution in [1.82, 2.24) is 20.4 Å². The van der Waals surface area contributed by atoms with E-state index in [1.165, 1.54) is 6.42 Å². The van der Waals surface area contributed by atoms with Crippen LogP contribution in [0.15, 0.2) is 24.3 Å².